The van der Waals surface area contributed by atoms with Crippen LogP contribution in [0.1, 0.15) is 18.1 Å². The van der Waals surface area contributed by atoms with Gasteiger partial charge >= 0.3 is 0 Å². The van der Waals surface area contributed by atoms with Crippen LogP contribution in [0.3, 0.4) is 0 Å². The first-order valence-corrected chi connectivity index (χ1v) is 7.51. The van der Waals surface area contributed by atoms with E-state index in [1.165, 1.54) is 5.56 Å². The Morgan fingerprint density at radius 1 is 1.24 bits per heavy atom. The summed E-state index contributed by atoms with van der Waals surface area (Å²) < 4.78 is 1.04. The smallest absolute Gasteiger partial charge is 0.292 e. The number of nitro benzene ring substituents is 1. The number of hydrogen-bond acceptors (Lipinski definition) is 3. The maximum atomic E-state index is 11.1. The van der Waals surface area contributed by atoms with Crippen molar-refractivity contribution in [3.8, 4) is 0 Å². The van der Waals surface area contributed by atoms with Gasteiger partial charge in [0.15, 0.2) is 0 Å². The second-order valence-electron chi connectivity index (χ2n) is 5.15. The molecule has 0 heterocycles. The van der Waals surface area contributed by atoms with Gasteiger partial charge in [-0.25, -0.2) is 0 Å². The average molecular weight is 349 g/mol. The first kappa shape index (κ1) is 15.5. The molecule has 0 saturated heterocycles. The third-order valence-corrected chi connectivity index (χ3v) is 3.73. The SMILES string of the molecule is Cc1ccc([N+](=O)[O-])c(NC(C)Cc2ccc(Br)cc2)c1. The van der Waals surface area contributed by atoms with Gasteiger partial charge in [0.2, 0.25) is 0 Å². The highest BCUT2D eigenvalue weighted by atomic mass is 79.9. The van der Waals surface area contributed by atoms with Crippen molar-refractivity contribution in [2.24, 2.45) is 0 Å². The molecule has 0 saturated carbocycles. The van der Waals surface area contributed by atoms with Crippen LogP contribution in [0.5, 0.6) is 0 Å². The van der Waals surface area contributed by atoms with Crippen LogP contribution in [-0.2, 0) is 6.42 Å². The third kappa shape index (κ3) is 4.29. The summed E-state index contributed by atoms with van der Waals surface area (Å²) in [4.78, 5) is 10.7. The molecule has 21 heavy (non-hydrogen) atoms. The number of hydrogen-bond donors (Lipinski definition) is 1. The number of nitro groups is 1. The lowest BCUT2D eigenvalue weighted by atomic mass is 10.1. The molecule has 1 unspecified atom stereocenters. The second-order valence-corrected chi connectivity index (χ2v) is 6.07. The van der Waals surface area contributed by atoms with Crippen molar-refractivity contribution >= 4 is 27.3 Å². The van der Waals surface area contributed by atoms with Gasteiger partial charge in [0.05, 0.1) is 4.92 Å². The van der Waals surface area contributed by atoms with Crippen molar-refractivity contribution < 1.29 is 4.92 Å². The molecule has 0 radical (unpaired) electrons. The van der Waals surface area contributed by atoms with E-state index in [0.29, 0.717) is 5.69 Å². The number of anilines is 1. The number of rotatable bonds is 5. The summed E-state index contributed by atoms with van der Waals surface area (Å²) in [7, 11) is 0. The molecule has 4 nitrogen and oxygen atoms in total. The molecule has 0 bridgehead atoms. The van der Waals surface area contributed by atoms with Crippen LogP contribution in [0.4, 0.5) is 11.4 Å². The molecule has 5 heteroatoms. The van der Waals surface area contributed by atoms with E-state index < -0.39 is 0 Å². The lowest BCUT2D eigenvalue weighted by Gasteiger charge is -2.16. The standard InChI is InChI=1S/C16H17BrN2O2/c1-11-3-8-16(19(20)21)15(9-11)18-12(2)10-13-4-6-14(17)7-5-13/h3-9,12,18H,10H2,1-2H3. The van der Waals surface area contributed by atoms with Gasteiger partial charge in [0, 0.05) is 16.6 Å². The highest BCUT2D eigenvalue weighted by Crippen LogP contribution is 2.26. The van der Waals surface area contributed by atoms with Gasteiger partial charge in [-0.2, -0.15) is 0 Å². The molecule has 2 rings (SSSR count). The Bertz CT molecular complexity index is 641. The number of benzene rings is 2. The summed E-state index contributed by atoms with van der Waals surface area (Å²) in [6.07, 6.45) is 0.804. The maximum absolute atomic E-state index is 11.1. The van der Waals surface area contributed by atoms with Crippen LogP contribution in [-0.4, -0.2) is 11.0 Å². The van der Waals surface area contributed by atoms with Crippen molar-refractivity contribution in [1.82, 2.24) is 0 Å². The predicted octanol–water partition coefficient (Wildman–Crippen LogP) is 4.71. The van der Waals surface area contributed by atoms with Gasteiger partial charge in [-0.15, -0.1) is 0 Å². The molecule has 0 amide bonds. The largest absolute Gasteiger partial charge is 0.377 e. The summed E-state index contributed by atoms with van der Waals surface area (Å²) >= 11 is 3.41. The molecule has 0 aromatic heterocycles. The molecule has 110 valence electrons. The fourth-order valence-electron chi connectivity index (χ4n) is 2.22. The topological polar surface area (TPSA) is 55.2 Å². The quantitative estimate of drug-likeness (QED) is 0.628. The molecule has 0 spiro atoms. The number of halogens is 1. The van der Waals surface area contributed by atoms with Gasteiger partial charge < -0.3 is 5.32 Å². The van der Waals surface area contributed by atoms with Gasteiger partial charge in [-0.3, -0.25) is 10.1 Å². The zero-order valence-corrected chi connectivity index (χ0v) is 13.6. The first-order chi connectivity index (χ1) is 9.95. The van der Waals surface area contributed by atoms with Gasteiger partial charge in [0.25, 0.3) is 5.69 Å². The van der Waals surface area contributed by atoms with E-state index >= 15 is 0 Å². The first-order valence-electron chi connectivity index (χ1n) is 6.71. The van der Waals surface area contributed by atoms with Crippen molar-refractivity contribution in [1.29, 1.82) is 0 Å². The van der Waals surface area contributed by atoms with Crippen LogP contribution in [0.25, 0.3) is 0 Å². The lowest BCUT2D eigenvalue weighted by molar-refractivity contribution is -0.384. The van der Waals surface area contributed by atoms with E-state index in [0.717, 1.165) is 16.5 Å². The Morgan fingerprint density at radius 3 is 2.52 bits per heavy atom. The number of nitrogens with one attached hydrogen (secondary N) is 1. The predicted molar refractivity (Wildman–Crippen MR) is 88.8 cm³/mol. The van der Waals surface area contributed by atoms with Crippen LogP contribution in [0.2, 0.25) is 0 Å². The minimum atomic E-state index is -0.353. The molecule has 2 aromatic rings. The Kier molecular flexibility index (Phi) is 4.96. The number of aryl methyl sites for hydroxylation is 1. The van der Waals surface area contributed by atoms with E-state index in [-0.39, 0.29) is 16.7 Å². The summed E-state index contributed by atoms with van der Waals surface area (Å²) in [5.74, 6) is 0. The van der Waals surface area contributed by atoms with Crippen molar-refractivity contribution in [3.63, 3.8) is 0 Å². The fraction of sp³-hybridized carbons (Fsp3) is 0.250. The highest BCUT2D eigenvalue weighted by molar-refractivity contribution is 9.10. The van der Waals surface area contributed by atoms with Gasteiger partial charge in [-0.1, -0.05) is 34.1 Å². The average Bonchev–Trinajstić information content (AvgIpc) is 2.41. The Hall–Kier alpha value is -1.88. The molecule has 2 aromatic carbocycles. The zero-order valence-electron chi connectivity index (χ0n) is 12.0. The minimum Gasteiger partial charge on any atom is -0.377 e. The Balaban J connectivity index is 2.12. The highest BCUT2D eigenvalue weighted by Gasteiger charge is 2.15. The van der Waals surface area contributed by atoms with Crippen molar-refractivity contribution in [3.05, 3.63) is 68.2 Å². The van der Waals surface area contributed by atoms with E-state index in [9.17, 15) is 10.1 Å². The van der Waals surface area contributed by atoms with E-state index in [2.05, 4.69) is 21.2 Å². The molecule has 0 aliphatic carbocycles. The summed E-state index contributed by atoms with van der Waals surface area (Å²) in [5.41, 5.74) is 2.88. The Morgan fingerprint density at radius 2 is 1.90 bits per heavy atom. The van der Waals surface area contributed by atoms with E-state index in [4.69, 9.17) is 0 Å². The molecule has 0 aliphatic heterocycles. The molecule has 0 fully saturated rings. The summed E-state index contributed by atoms with van der Waals surface area (Å²) in [6.45, 7) is 3.95. The molecule has 1 N–H and O–H groups in total. The van der Waals surface area contributed by atoms with Gasteiger partial charge in [0.1, 0.15) is 5.69 Å². The third-order valence-electron chi connectivity index (χ3n) is 3.21. The maximum Gasteiger partial charge on any atom is 0.292 e. The Labute approximate surface area is 132 Å². The van der Waals surface area contributed by atoms with Crippen LogP contribution >= 0.6 is 15.9 Å². The van der Waals surface area contributed by atoms with Crippen LogP contribution in [0, 0.1) is 17.0 Å². The van der Waals surface area contributed by atoms with Gasteiger partial charge in [-0.05, 0) is 49.6 Å². The fourth-order valence-corrected chi connectivity index (χ4v) is 2.48. The zero-order chi connectivity index (χ0) is 15.4. The van der Waals surface area contributed by atoms with Crippen LogP contribution in [0.15, 0.2) is 46.9 Å². The molecule has 0 aliphatic rings. The van der Waals surface area contributed by atoms with Crippen molar-refractivity contribution in [2.75, 3.05) is 5.32 Å². The van der Waals surface area contributed by atoms with Crippen molar-refractivity contribution in [2.45, 2.75) is 26.3 Å². The number of nitrogens with zero attached hydrogens (tertiary/aromatic N) is 1. The van der Waals surface area contributed by atoms with E-state index in [1.807, 2.05) is 44.2 Å². The summed E-state index contributed by atoms with van der Waals surface area (Å²) in [5, 5.41) is 14.3. The normalized spacial score (nSPS) is 12.0. The minimum absolute atomic E-state index is 0.103. The molecular formula is C16H17BrN2O2. The summed E-state index contributed by atoms with van der Waals surface area (Å²) in [6, 6.07) is 13.3. The van der Waals surface area contributed by atoms with E-state index in [1.54, 1.807) is 12.1 Å². The van der Waals surface area contributed by atoms with Crippen LogP contribution < -0.4 is 5.32 Å². The lowest BCUT2D eigenvalue weighted by Crippen LogP contribution is -2.18. The molecule has 1 atom stereocenters. The molecular weight excluding hydrogens is 332 g/mol. The monoisotopic (exact) mass is 348 g/mol. The second kappa shape index (κ2) is 6.72.